The number of methoxy groups -OCH3 is 2. The molecule has 328 valence electrons. The van der Waals surface area contributed by atoms with Gasteiger partial charge in [-0.15, -0.1) is 0 Å². The number of pyridine rings is 1. The van der Waals surface area contributed by atoms with Crippen LogP contribution in [0.1, 0.15) is 80.6 Å². The van der Waals surface area contributed by atoms with Crippen LogP contribution in [0.15, 0.2) is 37.1 Å². The number of fused-ring (bicyclic) bond motifs is 2. The normalized spacial score (nSPS) is 36.3. The fraction of sp³-hybridized carbons (Fsp3) is 0.705. The molecule has 1 N–H and O–H groups in total. The summed E-state index contributed by atoms with van der Waals surface area (Å²) in [6.45, 7) is 17.1. The van der Waals surface area contributed by atoms with E-state index in [0.717, 1.165) is 11.0 Å². The number of aromatic nitrogens is 2. The van der Waals surface area contributed by atoms with E-state index in [2.05, 4.69) is 16.1 Å². The number of nitrogens with zero attached hydrogens (tertiary/aromatic N) is 4. The molecule has 0 saturated carbocycles. The van der Waals surface area contributed by atoms with Crippen molar-refractivity contribution in [1.82, 2.24) is 19.4 Å². The fourth-order valence-corrected chi connectivity index (χ4v) is 9.61. The van der Waals surface area contributed by atoms with Crippen molar-refractivity contribution >= 4 is 34.7 Å². The summed E-state index contributed by atoms with van der Waals surface area (Å²) in [5.41, 5.74) is -1.12. The van der Waals surface area contributed by atoms with Gasteiger partial charge in [-0.25, -0.2) is 9.78 Å². The standard InChI is InChI=1S/C44H66N4O11/c1-13-33-44(14-2)38(48(42(53)59-44)21-16-15-20-47-22-19-30-31(47)17-18-34(45-30)54-11)27(5)35(49)25(3)24-43(8,55-12)39(28(6)36(50)29(7)40(52)57-33)58-41-37(51)32(46(9)10)23-26(4)56-41/h14,17-19,22,25-29,32-33,37-39,41,51H,2,13,15-16,20-21,23-24H2,1,3-12H3/t25-,26-,27+,28+,29-,32+,33-,37-,38-,39-,41+,43-,44-/m1/s1. The van der Waals surface area contributed by atoms with Gasteiger partial charge in [0.15, 0.2) is 17.7 Å². The molecule has 5 heterocycles. The maximum Gasteiger partial charge on any atom is 0.411 e. The highest BCUT2D eigenvalue weighted by molar-refractivity contribution is 6.00. The quantitative estimate of drug-likeness (QED) is 0.129. The van der Waals surface area contributed by atoms with Gasteiger partial charge in [-0.1, -0.05) is 34.3 Å². The summed E-state index contributed by atoms with van der Waals surface area (Å²) in [5.74, 6) is -4.67. The summed E-state index contributed by atoms with van der Waals surface area (Å²) >= 11 is 0. The Bertz CT molecular complexity index is 1830. The van der Waals surface area contributed by atoms with Crippen LogP contribution in [0.5, 0.6) is 5.88 Å². The molecular formula is C44H66N4O11. The van der Waals surface area contributed by atoms with Gasteiger partial charge >= 0.3 is 12.1 Å². The van der Waals surface area contributed by atoms with Crippen molar-refractivity contribution in [2.24, 2.45) is 23.7 Å². The van der Waals surface area contributed by atoms with Gasteiger partial charge in [-0.3, -0.25) is 19.3 Å². The van der Waals surface area contributed by atoms with Gasteiger partial charge in [0.25, 0.3) is 0 Å². The van der Waals surface area contributed by atoms with E-state index in [-0.39, 0.29) is 37.3 Å². The number of likely N-dealkylation sites (N-methyl/N-ethyl adjacent to an activating group) is 1. The van der Waals surface area contributed by atoms with Gasteiger partial charge in [-0.05, 0) is 85.2 Å². The van der Waals surface area contributed by atoms with Crippen molar-refractivity contribution < 1.29 is 52.7 Å². The number of aliphatic hydroxyl groups is 1. The predicted molar refractivity (Wildman–Crippen MR) is 220 cm³/mol. The van der Waals surface area contributed by atoms with E-state index in [0.29, 0.717) is 31.7 Å². The van der Waals surface area contributed by atoms with Gasteiger partial charge in [0.05, 0.1) is 42.0 Å². The van der Waals surface area contributed by atoms with Crippen LogP contribution in [-0.2, 0) is 44.6 Å². The zero-order valence-corrected chi connectivity index (χ0v) is 36.7. The molecule has 0 unspecified atom stereocenters. The Morgan fingerprint density at radius 3 is 2.34 bits per heavy atom. The molecule has 0 spiro atoms. The largest absolute Gasteiger partial charge is 0.481 e. The Hall–Kier alpha value is -3.89. The van der Waals surface area contributed by atoms with Crippen molar-refractivity contribution in [2.45, 2.75) is 141 Å². The number of esters is 1. The van der Waals surface area contributed by atoms with Crippen LogP contribution in [0.25, 0.3) is 11.0 Å². The average Bonchev–Trinajstić information content (AvgIpc) is 3.76. The van der Waals surface area contributed by atoms with E-state index >= 15 is 0 Å². The number of unbranched alkanes of at least 4 members (excludes halogenated alkanes) is 1. The van der Waals surface area contributed by atoms with E-state index in [1.807, 2.05) is 50.3 Å². The monoisotopic (exact) mass is 826 g/mol. The average molecular weight is 827 g/mol. The summed E-state index contributed by atoms with van der Waals surface area (Å²) in [6, 6.07) is 4.51. The first-order valence-electron chi connectivity index (χ1n) is 21.0. The summed E-state index contributed by atoms with van der Waals surface area (Å²) in [4.78, 5) is 65.2. The number of rotatable bonds is 12. The number of aliphatic hydroxyl groups excluding tert-OH is 1. The first-order valence-corrected chi connectivity index (χ1v) is 21.0. The first kappa shape index (κ1) is 46.2. The lowest BCUT2D eigenvalue weighted by atomic mass is 9.72. The second-order valence-electron chi connectivity index (χ2n) is 17.2. The molecule has 3 aliphatic heterocycles. The number of carbonyl (C=O) groups excluding carboxylic acids is 4. The highest BCUT2D eigenvalue weighted by Crippen LogP contribution is 2.44. The summed E-state index contributed by atoms with van der Waals surface area (Å²) in [5, 5.41) is 11.5. The molecule has 15 heteroatoms. The number of amides is 1. The van der Waals surface area contributed by atoms with E-state index in [9.17, 15) is 24.3 Å². The van der Waals surface area contributed by atoms with Crippen molar-refractivity contribution in [3.63, 3.8) is 0 Å². The molecule has 1 amide bonds. The lowest BCUT2D eigenvalue weighted by Gasteiger charge is -2.47. The molecule has 2 aromatic heterocycles. The highest BCUT2D eigenvalue weighted by Gasteiger charge is 2.61. The zero-order valence-electron chi connectivity index (χ0n) is 36.7. The van der Waals surface area contributed by atoms with Crippen LogP contribution in [0.2, 0.25) is 0 Å². The van der Waals surface area contributed by atoms with Crippen molar-refractivity contribution in [3.8, 4) is 5.88 Å². The number of aryl methyl sites for hydroxylation is 1. The molecule has 3 saturated heterocycles. The molecule has 3 aliphatic rings. The Labute approximate surface area is 348 Å². The van der Waals surface area contributed by atoms with E-state index < -0.39 is 83.4 Å². The molecule has 0 radical (unpaired) electrons. The van der Waals surface area contributed by atoms with Crippen LogP contribution in [0, 0.1) is 23.7 Å². The van der Waals surface area contributed by atoms with Gasteiger partial charge in [0, 0.05) is 56.3 Å². The highest BCUT2D eigenvalue weighted by atomic mass is 16.7. The fourth-order valence-electron chi connectivity index (χ4n) is 9.61. The molecule has 59 heavy (non-hydrogen) atoms. The molecule has 2 aromatic rings. The van der Waals surface area contributed by atoms with E-state index in [1.54, 1.807) is 46.6 Å². The Morgan fingerprint density at radius 2 is 1.71 bits per heavy atom. The number of ether oxygens (including phenoxy) is 6. The molecule has 3 fully saturated rings. The van der Waals surface area contributed by atoms with Crippen molar-refractivity contribution in [2.75, 3.05) is 34.9 Å². The van der Waals surface area contributed by atoms with Gasteiger partial charge in [-0.2, -0.15) is 0 Å². The molecule has 5 rings (SSSR count). The van der Waals surface area contributed by atoms with E-state index in [1.165, 1.54) is 20.1 Å². The first-order chi connectivity index (χ1) is 27.9. The number of cyclic esters (lactones) is 1. The number of ketones is 2. The minimum Gasteiger partial charge on any atom is -0.481 e. The second kappa shape index (κ2) is 18.8. The SMILES string of the molecule is C=C[C@]12OC(=O)N(CCCCn3ccc4nc(OC)ccc43)[C@@H]1[C@@H](C)C(=O)[C@H](C)C[C@@](C)(OC)[C@H](O[C@@H]1O[C@H](C)C[C@H](N(C)C)[C@H]1O)[C@@H](C)C(=O)[C@@H](C)C(=O)O[C@@H]2CC. The van der Waals surface area contributed by atoms with Gasteiger partial charge < -0.3 is 43.0 Å². The predicted octanol–water partition coefficient (Wildman–Crippen LogP) is 5.20. The summed E-state index contributed by atoms with van der Waals surface area (Å²) < 4.78 is 38.7. The minimum absolute atomic E-state index is 0.106. The number of hydrogen-bond donors (Lipinski definition) is 1. The topological polar surface area (TPSA) is 168 Å². The van der Waals surface area contributed by atoms with Crippen LogP contribution >= 0.6 is 0 Å². The number of hydrogen-bond acceptors (Lipinski definition) is 13. The summed E-state index contributed by atoms with van der Waals surface area (Å²) in [6.07, 6.45) is 0.345. The van der Waals surface area contributed by atoms with Gasteiger partial charge in [0.1, 0.15) is 23.9 Å². The number of carbonyl (C=O) groups is 4. The summed E-state index contributed by atoms with van der Waals surface area (Å²) in [7, 11) is 6.80. The van der Waals surface area contributed by atoms with Crippen molar-refractivity contribution in [3.05, 3.63) is 37.1 Å². The third-order valence-corrected chi connectivity index (χ3v) is 13.0. The van der Waals surface area contributed by atoms with Crippen LogP contribution in [0.4, 0.5) is 4.79 Å². The molecule has 0 bridgehead atoms. The lowest BCUT2D eigenvalue weighted by molar-refractivity contribution is -0.295. The minimum atomic E-state index is -1.60. The Balaban J connectivity index is 1.48. The lowest BCUT2D eigenvalue weighted by Crippen LogP contribution is -2.60. The maximum absolute atomic E-state index is 14.8. The zero-order chi connectivity index (χ0) is 43.6. The van der Waals surface area contributed by atoms with Gasteiger partial charge in [0.2, 0.25) is 5.88 Å². The van der Waals surface area contributed by atoms with Crippen LogP contribution in [-0.4, -0.2) is 137 Å². The van der Waals surface area contributed by atoms with E-state index in [4.69, 9.17) is 28.4 Å². The molecule has 13 atom stereocenters. The van der Waals surface area contributed by atoms with Crippen LogP contribution in [0.3, 0.4) is 0 Å². The second-order valence-corrected chi connectivity index (χ2v) is 17.2. The molecule has 0 aromatic carbocycles. The maximum atomic E-state index is 14.8. The van der Waals surface area contributed by atoms with Crippen molar-refractivity contribution in [1.29, 1.82) is 0 Å². The molecule has 0 aliphatic carbocycles. The molecule has 15 nitrogen and oxygen atoms in total. The third-order valence-electron chi connectivity index (χ3n) is 13.0. The molecular weight excluding hydrogens is 761 g/mol. The van der Waals surface area contributed by atoms with Crippen LogP contribution < -0.4 is 4.74 Å². The number of Topliss-reactive ketones (excluding diaryl/α,β-unsaturated/α-hetero) is 2. The Kier molecular flexibility index (Phi) is 14.7. The smallest absolute Gasteiger partial charge is 0.411 e. The Morgan fingerprint density at radius 1 is 1.02 bits per heavy atom. The third kappa shape index (κ3) is 9.09.